The number of rotatable bonds is 4. The Hall–Kier alpha value is -1.64. The highest BCUT2D eigenvalue weighted by atomic mass is 35.5. The van der Waals surface area contributed by atoms with Gasteiger partial charge in [-0.2, -0.15) is 4.31 Å². The van der Waals surface area contributed by atoms with Crippen molar-refractivity contribution in [1.82, 2.24) is 4.31 Å². The Kier molecular flexibility index (Phi) is 4.74. The molecule has 0 aliphatic carbocycles. The summed E-state index contributed by atoms with van der Waals surface area (Å²) in [6, 6.07) is 3.46. The Morgan fingerprint density at radius 3 is 2.27 bits per heavy atom. The van der Waals surface area contributed by atoms with E-state index in [0.717, 1.165) is 10.4 Å². The number of nitrogens with zero attached hydrogens (tertiary/aromatic N) is 1. The van der Waals surface area contributed by atoms with Gasteiger partial charge >= 0.3 is 11.9 Å². The molecule has 1 aromatic carbocycles. The third kappa shape index (κ3) is 3.23. The number of benzene rings is 1. The third-order valence-electron chi connectivity index (χ3n) is 3.60. The van der Waals surface area contributed by atoms with Crippen LogP contribution in [-0.2, 0) is 14.8 Å². The molecule has 0 amide bonds. The van der Waals surface area contributed by atoms with Crippen LogP contribution < -0.4 is 0 Å². The zero-order chi connectivity index (χ0) is 16.5. The molecule has 1 aliphatic heterocycles. The van der Waals surface area contributed by atoms with Gasteiger partial charge in [0.25, 0.3) is 0 Å². The molecular weight excluding hydrogens is 334 g/mol. The molecule has 0 spiro atoms. The van der Waals surface area contributed by atoms with Crippen molar-refractivity contribution >= 4 is 33.6 Å². The molecular formula is C13H14ClNO6S. The van der Waals surface area contributed by atoms with Crippen molar-refractivity contribution in [1.29, 1.82) is 0 Å². The van der Waals surface area contributed by atoms with E-state index in [1.54, 1.807) is 0 Å². The summed E-state index contributed by atoms with van der Waals surface area (Å²) in [4.78, 5) is 21.6. The van der Waals surface area contributed by atoms with Crippen molar-refractivity contribution in [3.05, 3.63) is 28.8 Å². The summed E-state index contributed by atoms with van der Waals surface area (Å²) in [6.45, 7) is 0.125. The van der Waals surface area contributed by atoms with E-state index in [1.807, 2.05) is 0 Å². The Labute approximate surface area is 132 Å². The fourth-order valence-electron chi connectivity index (χ4n) is 2.32. The maximum atomic E-state index is 12.6. The van der Waals surface area contributed by atoms with Crippen LogP contribution in [0.1, 0.15) is 23.2 Å². The number of carbonyl (C=O) groups is 2. The monoisotopic (exact) mass is 347 g/mol. The second kappa shape index (κ2) is 6.23. The van der Waals surface area contributed by atoms with E-state index in [-0.39, 0.29) is 41.4 Å². The summed E-state index contributed by atoms with van der Waals surface area (Å²) in [5.41, 5.74) is -0.177. The predicted octanol–water partition coefficient (Wildman–Crippen LogP) is 1.52. The van der Waals surface area contributed by atoms with Crippen molar-refractivity contribution in [2.75, 3.05) is 13.1 Å². The average Bonchev–Trinajstić information content (AvgIpc) is 2.47. The van der Waals surface area contributed by atoms with Gasteiger partial charge in [-0.15, -0.1) is 0 Å². The van der Waals surface area contributed by atoms with E-state index >= 15 is 0 Å². The van der Waals surface area contributed by atoms with Crippen molar-refractivity contribution in [2.24, 2.45) is 5.92 Å². The minimum absolute atomic E-state index is 0.0624. The molecule has 1 saturated heterocycles. The molecule has 0 unspecified atom stereocenters. The van der Waals surface area contributed by atoms with Gasteiger partial charge in [-0.3, -0.25) is 4.79 Å². The third-order valence-corrected chi connectivity index (χ3v) is 5.98. The molecule has 0 bridgehead atoms. The SMILES string of the molecule is O=C(O)c1ccc(Cl)c(S(=O)(=O)N2CCC(C(=O)O)CC2)c1. The molecule has 120 valence electrons. The minimum atomic E-state index is -3.95. The minimum Gasteiger partial charge on any atom is -0.481 e. The number of carboxylic acid groups (broad SMARTS) is 2. The second-order valence-corrected chi connectivity index (χ2v) is 7.28. The maximum absolute atomic E-state index is 12.6. The van der Waals surface area contributed by atoms with Crippen LogP contribution in [0, 0.1) is 5.92 Å². The number of hydrogen-bond donors (Lipinski definition) is 2. The van der Waals surface area contributed by atoms with E-state index in [4.69, 9.17) is 21.8 Å². The molecule has 0 aromatic heterocycles. The number of hydrogen-bond acceptors (Lipinski definition) is 4. The Morgan fingerprint density at radius 1 is 1.18 bits per heavy atom. The summed E-state index contributed by atoms with van der Waals surface area (Å²) < 4.78 is 26.3. The summed E-state index contributed by atoms with van der Waals surface area (Å²) in [7, 11) is -3.95. The number of aromatic carboxylic acids is 1. The molecule has 1 heterocycles. The van der Waals surface area contributed by atoms with Crippen LogP contribution in [-0.4, -0.2) is 48.0 Å². The van der Waals surface area contributed by atoms with E-state index in [2.05, 4.69) is 0 Å². The van der Waals surface area contributed by atoms with Crippen molar-refractivity contribution in [2.45, 2.75) is 17.7 Å². The van der Waals surface area contributed by atoms with Crippen molar-refractivity contribution < 1.29 is 28.2 Å². The van der Waals surface area contributed by atoms with Gasteiger partial charge in [0.15, 0.2) is 0 Å². The van der Waals surface area contributed by atoms with Crippen molar-refractivity contribution in [3.63, 3.8) is 0 Å². The first-order valence-corrected chi connectivity index (χ1v) is 8.31. The fraction of sp³-hybridized carbons (Fsp3) is 0.385. The van der Waals surface area contributed by atoms with Gasteiger partial charge in [-0.1, -0.05) is 11.6 Å². The lowest BCUT2D eigenvalue weighted by Crippen LogP contribution is -2.40. The number of aliphatic carboxylic acids is 1. The largest absolute Gasteiger partial charge is 0.481 e. The van der Waals surface area contributed by atoms with Crippen LogP contribution in [0.25, 0.3) is 0 Å². The predicted molar refractivity (Wildman–Crippen MR) is 77.5 cm³/mol. The first-order valence-electron chi connectivity index (χ1n) is 6.49. The maximum Gasteiger partial charge on any atom is 0.335 e. The van der Waals surface area contributed by atoms with E-state index < -0.39 is 27.9 Å². The number of halogens is 1. The average molecular weight is 348 g/mol. The van der Waals surface area contributed by atoms with Gasteiger partial charge in [-0.25, -0.2) is 13.2 Å². The lowest BCUT2D eigenvalue weighted by Gasteiger charge is -2.29. The van der Waals surface area contributed by atoms with Gasteiger partial charge in [0.2, 0.25) is 10.0 Å². The van der Waals surface area contributed by atoms with Gasteiger partial charge < -0.3 is 10.2 Å². The Bertz CT molecular complexity index is 709. The molecule has 22 heavy (non-hydrogen) atoms. The number of sulfonamides is 1. The second-order valence-electron chi connectivity index (χ2n) is 4.97. The Balaban J connectivity index is 2.30. The molecule has 2 N–H and O–H groups in total. The van der Waals surface area contributed by atoms with Crippen LogP contribution >= 0.6 is 11.6 Å². The smallest absolute Gasteiger partial charge is 0.335 e. The van der Waals surface area contributed by atoms with Gasteiger partial charge in [0, 0.05) is 13.1 Å². The van der Waals surface area contributed by atoms with Gasteiger partial charge in [0.1, 0.15) is 4.90 Å². The molecule has 0 atom stereocenters. The summed E-state index contributed by atoms with van der Waals surface area (Å²) in [6.07, 6.45) is 0.426. The zero-order valence-electron chi connectivity index (χ0n) is 11.4. The Morgan fingerprint density at radius 2 is 1.77 bits per heavy atom. The molecule has 1 aromatic rings. The van der Waals surface area contributed by atoms with Crippen LogP contribution in [0.4, 0.5) is 0 Å². The van der Waals surface area contributed by atoms with E-state index in [0.29, 0.717) is 0 Å². The zero-order valence-corrected chi connectivity index (χ0v) is 13.0. The normalized spacial score (nSPS) is 17.3. The number of carboxylic acids is 2. The first kappa shape index (κ1) is 16.7. The fourth-order valence-corrected chi connectivity index (χ4v) is 4.29. The van der Waals surface area contributed by atoms with Crippen LogP contribution in [0.2, 0.25) is 5.02 Å². The first-order chi connectivity index (χ1) is 10.2. The van der Waals surface area contributed by atoms with Gasteiger partial charge in [-0.05, 0) is 31.0 Å². The highest BCUT2D eigenvalue weighted by Gasteiger charge is 2.33. The highest BCUT2D eigenvalue weighted by molar-refractivity contribution is 7.89. The van der Waals surface area contributed by atoms with Gasteiger partial charge in [0.05, 0.1) is 16.5 Å². The molecule has 9 heteroatoms. The lowest BCUT2D eigenvalue weighted by molar-refractivity contribution is -0.142. The quantitative estimate of drug-likeness (QED) is 0.854. The topological polar surface area (TPSA) is 112 Å². The standard InChI is InChI=1S/C13H14ClNO6S/c14-10-2-1-9(13(18)19)7-11(10)22(20,21)15-5-3-8(4-6-15)12(16)17/h1-2,7-8H,3-6H2,(H,16,17)(H,18,19). The molecule has 1 aliphatic rings. The molecule has 1 fully saturated rings. The van der Waals surface area contributed by atoms with Crippen LogP contribution in [0.5, 0.6) is 0 Å². The highest BCUT2D eigenvalue weighted by Crippen LogP contribution is 2.29. The summed E-state index contributed by atoms with van der Waals surface area (Å²) >= 11 is 5.89. The number of piperidine rings is 1. The summed E-state index contributed by atoms with van der Waals surface area (Å²) in [5, 5.41) is 17.8. The molecule has 0 radical (unpaired) electrons. The van der Waals surface area contributed by atoms with Crippen molar-refractivity contribution in [3.8, 4) is 0 Å². The van der Waals surface area contributed by atoms with Crippen LogP contribution in [0.3, 0.4) is 0 Å². The van der Waals surface area contributed by atoms with E-state index in [9.17, 15) is 18.0 Å². The van der Waals surface area contributed by atoms with E-state index in [1.165, 1.54) is 12.1 Å². The lowest BCUT2D eigenvalue weighted by atomic mass is 9.99. The molecule has 7 nitrogen and oxygen atoms in total. The summed E-state index contributed by atoms with van der Waals surface area (Å²) in [5.74, 6) is -2.76. The molecule has 2 rings (SSSR count). The molecule has 0 saturated carbocycles. The van der Waals surface area contributed by atoms with Crippen LogP contribution in [0.15, 0.2) is 23.1 Å².